The number of amides is 1. The number of benzene rings is 1. The summed E-state index contributed by atoms with van der Waals surface area (Å²) in [5.74, 6) is 1.80. The SMILES string of the molecule is CCCCOc1ccc(-c2nnc(CN(C)CC(=O)N(C)C)o2)cc1. The van der Waals surface area contributed by atoms with E-state index in [0.29, 0.717) is 24.9 Å². The van der Waals surface area contributed by atoms with Gasteiger partial charge in [-0.2, -0.15) is 0 Å². The maximum atomic E-state index is 11.7. The molecule has 136 valence electrons. The Labute approximate surface area is 148 Å². The minimum Gasteiger partial charge on any atom is -0.494 e. The summed E-state index contributed by atoms with van der Waals surface area (Å²) in [4.78, 5) is 15.1. The van der Waals surface area contributed by atoms with Crippen LogP contribution >= 0.6 is 0 Å². The summed E-state index contributed by atoms with van der Waals surface area (Å²) in [6.45, 7) is 3.57. The van der Waals surface area contributed by atoms with Crippen molar-refractivity contribution in [2.24, 2.45) is 0 Å². The van der Waals surface area contributed by atoms with Crippen LogP contribution < -0.4 is 4.74 Å². The van der Waals surface area contributed by atoms with E-state index in [1.807, 2.05) is 36.2 Å². The lowest BCUT2D eigenvalue weighted by atomic mass is 10.2. The number of carbonyl (C=O) groups is 1. The average molecular weight is 346 g/mol. The first-order valence-corrected chi connectivity index (χ1v) is 8.44. The molecule has 0 unspecified atom stereocenters. The third-order valence-electron chi connectivity index (χ3n) is 3.64. The molecule has 0 aliphatic carbocycles. The Balaban J connectivity index is 1.93. The summed E-state index contributed by atoms with van der Waals surface area (Å²) in [7, 11) is 5.31. The van der Waals surface area contributed by atoms with Crippen molar-refractivity contribution in [3.05, 3.63) is 30.2 Å². The van der Waals surface area contributed by atoms with Gasteiger partial charge in [0.1, 0.15) is 5.75 Å². The lowest BCUT2D eigenvalue weighted by Gasteiger charge is -2.16. The van der Waals surface area contributed by atoms with Crippen molar-refractivity contribution >= 4 is 5.91 Å². The number of rotatable bonds is 9. The topological polar surface area (TPSA) is 71.7 Å². The number of aromatic nitrogens is 2. The van der Waals surface area contributed by atoms with Crippen molar-refractivity contribution in [3.63, 3.8) is 0 Å². The molecule has 0 saturated carbocycles. The minimum absolute atomic E-state index is 0.0286. The quantitative estimate of drug-likeness (QED) is 0.650. The van der Waals surface area contributed by atoms with Gasteiger partial charge in [0.15, 0.2) is 0 Å². The van der Waals surface area contributed by atoms with Gasteiger partial charge in [0.25, 0.3) is 0 Å². The number of hydrogen-bond donors (Lipinski definition) is 0. The zero-order chi connectivity index (χ0) is 18.2. The van der Waals surface area contributed by atoms with E-state index >= 15 is 0 Å². The van der Waals surface area contributed by atoms with Crippen molar-refractivity contribution in [1.82, 2.24) is 20.0 Å². The highest BCUT2D eigenvalue weighted by atomic mass is 16.5. The van der Waals surface area contributed by atoms with Gasteiger partial charge in [-0.15, -0.1) is 10.2 Å². The van der Waals surface area contributed by atoms with E-state index in [9.17, 15) is 4.79 Å². The Kier molecular flexibility index (Phi) is 6.94. The van der Waals surface area contributed by atoms with Crippen LogP contribution in [0.4, 0.5) is 0 Å². The van der Waals surface area contributed by atoms with E-state index in [4.69, 9.17) is 9.15 Å². The number of carbonyl (C=O) groups excluding carboxylic acids is 1. The predicted octanol–water partition coefficient (Wildman–Crippen LogP) is 2.44. The van der Waals surface area contributed by atoms with Crippen LogP contribution in [0.3, 0.4) is 0 Å². The molecule has 7 nitrogen and oxygen atoms in total. The Morgan fingerprint density at radius 2 is 1.88 bits per heavy atom. The fourth-order valence-corrected chi connectivity index (χ4v) is 2.12. The van der Waals surface area contributed by atoms with Gasteiger partial charge < -0.3 is 14.1 Å². The molecule has 0 atom stereocenters. The molecule has 0 spiro atoms. The lowest BCUT2D eigenvalue weighted by molar-refractivity contribution is -0.129. The van der Waals surface area contributed by atoms with Crippen LogP contribution in [0.15, 0.2) is 28.7 Å². The van der Waals surface area contributed by atoms with E-state index in [-0.39, 0.29) is 5.91 Å². The fourth-order valence-electron chi connectivity index (χ4n) is 2.12. The molecule has 1 heterocycles. The highest BCUT2D eigenvalue weighted by Gasteiger charge is 2.13. The molecule has 25 heavy (non-hydrogen) atoms. The van der Waals surface area contributed by atoms with E-state index in [0.717, 1.165) is 30.8 Å². The second kappa shape index (κ2) is 9.17. The highest BCUT2D eigenvalue weighted by Crippen LogP contribution is 2.21. The molecule has 0 N–H and O–H groups in total. The zero-order valence-corrected chi connectivity index (χ0v) is 15.4. The molecular weight excluding hydrogens is 320 g/mol. The van der Waals surface area contributed by atoms with Gasteiger partial charge in [-0.1, -0.05) is 13.3 Å². The highest BCUT2D eigenvalue weighted by molar-refractivity contribution is 5.77. The smallest absolute Gasteiger partial charge is 0.247 e. The van der Waals surface area contributed by atoms with E-state index in [1.54, 1.807) is 19.0 Å². The lowest BCUT2D eigenvalue weighted by Crippen LogP contribution is -2.34. The van der Waals surface area contributed by atoms with Gasteiger partial charge in [-0.3, -0.25) is 9.69 Å². The Morgan fingerprint density at radius 3 is 2.52 bits per heavy atom. The summed E-state index contributed by atoms with van der Waals surface area (Å²) >= 11 is 0. The molecule has 0 fully saturated rings. The third kappa shape index (κ3) is 5.86. The summed E-state index contributed by atoms with van der Waals surface area (Å²) in [6, 6.07) is 7.60. The van der Waals surface area contributed by atoms with Crippen LogP contribution in [0, 0.1) is 0 Å². The number of ether oxygens (including phenoxy) is 1. The Bertz CT molecular complexity index is 667. The molecular formula is C18H26N4O3. The summed E-state index contributed by atoms with van der Waals surface area (Å²) in [5.41, 5.74) is 0.841. The molecule has 0 bridgehead atoms. The van der Waals surface area contributed by atoms with Crippen LogP contribution in [0.1, 0.15) is 25.7 Å². The number of hydrogen-bond acceptors (Lipinski definition) is 6. The molecule has 0 aliphatic heterocycles. The van der Waals surface area contributed by atoms with Crippen molar-refractivity contribution < 1.29 is 13.9 Å². The van der Waals surface area contributed by atoms with Gasteiger partial charge in [0, 0.05) is 19.7 Å². The molecule has 2 rings (SSSR count). The predicted molar refractivity (Wildman–Crippen MR) is 95.2 cm³/mol. The minimum atomic E-state index is 0.0286. The Hall–Kier alpha value is -2.41. The molecule has 1 aromatic carbocycles. The van der Waals surface area contributed by atoms with E-state index < -0.39 is 0 Å². The maximum Gasteiger partial charge on any atom is 0.247 e. The van der Waals surface area contributed by atoms with E-state index in [1.165, 1.54) is 0 Å². The van der Waals surface area contributed by atoms with Crippen LogP contribution in [-0.2, 0) is 11.3 Å². The number of nitrogens with zero attached hydrogens (tertiary/aromatic N) is 4. The first kappa shape index (κ1) is 18.9. The van der Waals surface area contributed by atoms with Crippen LogP contribution in [0.5, 0.6) is 5.75 Å². The monoisotopic (exact) mass is 346 g/mol. The van der Waals surface area contributed by atoms with Crippen molar-refractivity contribution in [1.29, 1.82) is 0 Å². The van der Waals surface area contributed by atoms with Crippen molar-refractivity contribution in [2.75, 3.05) is 34.3 Å². The van der Waals surface area contributed by atoms with Gasteiger partial charge in [0.05, 0.1) is 19.7 Å². The van der Waals surface area contributed by atoms with Gasteiger partial charge >= 0.3 is 0 Å². The molecule has 2 aromatic rings. The molecule has 0 saturated heterocycles. The third-order valence-corrected chi connectivity index (χ3v) is 3.64. The van der Waals surface area contributed by atoms with Gasteiger partial charge in [0.2, 0.25) is 17.7 Å². The van der Waals surface area contributed by atoms with Gasteiger partial charge in [-0.25, -0.2) is 0 Å². The summed E-state index contributed by atoms with van der Waals surface area (Å²) < 4.78 is 11.3. The normalized spacial score (nSPS) is 10.9. The molecule has 7 heteroatoms. The van der Waals surface area contributed by atoms with E-state index in [2.05, 4.69) is 17.1 Å². The first-order valence-electron chi connectivity index (χ1n) is 8.44. The van der Waals surface area contributed by atoms with Gasteiger partial charge in [-0.05, 0) is 37.7 Å². The largest absolute Gasteiger partial charge is 0.494 e. The second-order valence-electron chi connectivity index (χ2n) is 6.19. The summed E-state index contributed by atoms with van der Waals surface area (Å²) in [6.07, 6.45) is 2.15. The second-order valence-corrected chi connectivity index (χ2v) is 6.19. The Morgan fingerprint density at radius 1 is 1.16 bits per heavy atom. The number of unbranched alkanes of at least 4 members (excludes halogenated alkanes) is 1. The molecule has 1 aromatic heterocycles. The first-order chi connectivity index (χ1) is 12.0. The molecule has 1 amide bonds. The standard InChI is InChI=1S/C18H26N4O3/c1-5-6-11-24-15-9-7-14(8-10-15)18-20-19-16(25-18)12-22(4)13-17(23)21(2)3/h7-10H,5-6,11-13H2,1-4H3. The van der Waals surface area contributed by atoms with Crippen LogP contribution in [0.2, 0.25) is 0 Å². The zero-order valence-electron chi connectivity index (χ0n) is 15.4. The van der Waals surface area contributed by atoms with Crippen molar-refractivity contribution in [2.45, 2.75) is 26.3 Å². The molecule has 0 radical (unpaired) electrons. The average Bonchev–Trinajstić information content (AvgIpc) is 3.04. The molecule has 0 aliphatic rings. The fraction of sp³-hybridized carbons (Fsp3) is 0.500. The van der Waals surface area contributed by atoms with Crippen molar-refractivity contribution in [3.8, 4) is 17.2 Å². The van der Waals surface area contributed by atoms with Crippen LogP contribution in [-0.4, -0.2) is 60.2 Å². The number of likely N-dealkylation sites (N-methyl/N-ethyl adjacent to an activating group) is 2. The summed E-state index contributed by atoms with van der Waals surface area (Å²) in [5, 5.41) is 8.13. The van der Waals surface area contributed by atoms with Crippen LogP contribution in [0.25, 0.3) is 11.5 Å². The maximum absolute atomic E-state index is 11.7.